The molecule has 3 fully saturated rings. The number of amides is 2. The maximum Gasteiger partial charge on any atom is 0.490 e. The van der Waals surface area contributed by atoms with Crippen molar-refractivity contribution < 1.29 is 51.4 Å². The summed E-state index contributed by atoms with van der Waals surface area (Å²) >= 11 is 11.4. The van der Waals surface area contributed by atoms with E-state index in [9.17, 15) is 37.1 Å². The fraction of sp³-hybridized carbons (Fsp3) is 0.633. The number of rotatable bonds is 6. The maximum absolute atomic E-state index is 14.3. The molecule has 0 spiro atoms. The summed E-state index contributed by atoms with van der Waals surface area (Å²) < 4.78 is 57.4. The number of Topliss-reactive ketones (excluding diaryl/α,β-unsaturated/α-hetero) is 1. The number of hydrogen-bond acceptors (Lipinski definition) is 11. The highest BCUT2D eigenvalue weighted by Gasteiger charge is 2.72. The second-order valence-corrected chi connectivity index (χ2v) is 14.1. The molecule has 2 amide bonds. The minimum Gasteiger partial charge on any atom is -0.454 e. The van der Waals surface area contributed by atoms with Crippen LogP contribution in [-0.4, -0.2) is 69.2 Å². The molecule has 9 atom stereocenters. The average Bonchev–Trinajstić information content (AvgIpc) is 3.28. The number of carbonyl (C=O) groups excluding carboxylic acids is 5. The molecule has 0 aliphatic heterocycles. The zero-order valence-corrected chi connectivity index (χ0v) is 27.4. The predicted octanol–water partition coefficient (Wildman–Crippen LogP) is 4.73. The standard InChI is InChI=1S/C30H35Cl2F3N4O8/c1-6-27(4)12-17(46-26(44)37-23(41)15-7-8-18(36)39-38-15)28(5)13(2)9-10-29(14(3)21(27)47-25(43)30(33,34)35)11-16(19(40)20(28)29)45-24(42)22(31)32/h6-8,13-14,16-17,20-22H,1,9-12H2,2-5H3,(H2,36,39)(H,37,41,44)/t13?,14-,16-,17+,20?,21-,27+,28-,29-/m0/s1. The average molecular weight is 708 g/mol. The third-order valence-corrected chi connectivity index (χ3v) is 10.9. The van der Waals surface area contributed by atoms with Crippen LogP contribution in [0.1, 0.15) is 63.9 Å². The van der Waals surface area contributed by atoms with Gasteiger partial charge in [-0.3, -0.25) is 14.9 Å². The van der Waals surface area contributed by atoms with Crippen molar-refractivity contribution in [3.8, 4) is 0 Å². The Bertz CT molecular complexity index is 1460. The van der Waals surface area contributed by atoms with Crippen LogP contribution in [-0.2, 0) is 28.6 Å². The first-order chi connectivity index (χ1) is 21.7. The number of hydrogen-bond donors (Lipinski definition) is 2. The van der Waals surface area contributed by atoms with Crippen LogP contribution in [0.5, 0.6) is 0 Å². The molecule has 12 nitrogen and oxygen atoms in total. The zero-order chi connectivity index (χ0) is 35.3. The van der Waals surface area contributed by atoms with Crippen LogP contribution in [0, 0.1) is 34.0 Å². The number of imide groups is 1. The Morgan fingerprint density at radius 2 is 1.77 bits per heavy atom. The van der Waals surface area contributed by atoms with Gasteiger partial charge < -0.3 is 19.9 Å². The van der Waals surface area contributed by atoms with Gasteiger partial charge in [0.15, 0.2) is 17.6 Å². The third-order valence-electron chi connectivity index (χ3n) is 10.5. The summed E-state index contributed by atoms with van der Waals surface area (Å²) in [7, 11) is 0. The molecule has 2 unspecified atom stereocenters. The number of nitrogens with one attached hydrogen (secondary N) is 1. The largest absolute Gasteiger partial charge is 0.490 e. The molecular formula is C30H35Cl2F3N4O8. The van der Waals surface area contributed by atoms with E-state index in [2.05, 4.69) is 22.1 Å². The molecule has 0 saturated heterocycles. The first-order valence-corrected chi connectivity index (χ1v) is 15.6. The Balaban J connectivity index is 1.84. The molecule has 1 heterocycles. The van der Waals surface area contributed by atoms with Crippen LogP contribution < -0.4 is 11.1 Å². The van der Waals surface area contributed by atoms with Crippen molar-refractivity contribution >= 4 is 58.7 Å². The van der Waals surface area contributed by atoms with E-state index >= 15 is 0 Å². The summed E-state index contributed by atoms with van der Waals surface area (Å²) in [6, 6.07) is 2.51. The molecule has 17 heteroatoms. The van der Waals surface area contributed by atoms with E-state index in [-0.39, 0.29) is 36.7 Å². The zero-order valence-electron chi connectivity index (χ0n) is 25.9. The van der Waals surface area contributed by atoms with Crippen molar-refractivity contribution in [2.24, 2.45) is 34.0 Å². The van der Waals surface area contributed by atoms with Crippen LogP contribution in [0.3, 0.4) is 0 Å². The van der Waals surface area contributed by atoms with E-state index in [4.69, 9.17) is 43.1 Å². The minimum atomic E-state index is -5.35. The van der Waals surface area contributed by atoms with E-state index in [1.54, 1.807) is 13.8 Å². The van der Waals surface area contributed by atoms with Gasteiger partial charge in [0, 0.05) is 22.7 Å². The van der Waals surface area contributed by atoms with Gasteiger partial charge in [0.05, 0.1) is 0 Å². The molecule has 3 aliphatic carbocycles. The maximum atomic E-state index is 14.3. The van der Waals surface area contributed by atoms with Crippen molar-refractivity contribution in [2.45, 2.75) is 82.7 Å². The van der Waals surface area contributed by atoms with Gasteiger partial charge in [-0.15, -0.1) is 16.8 Å². The highest BCUT2D eigenvalue weighted by atomic mass is 35.5. The number of alkyl carbamates (subject to hydrolysis) is 1. The quantitative estimate of drug-likeness (QED) is 0.181. The highest BCUT2D eigenvalue weighted by Crippen LogP contribution is 2.68. The Hall–Kier alpha value is -3.46. The summed E-state index contributed by atoms with van der Waals surface area (Å²) in [6.07, 6.45) is -9.22. The summed E-state index contributed by atoms with van der Waals surface area (Å²) in [6.45, 7) is 10.5. The van der Waals surface area contributed by atoms with Gasteiger partial charge in [0.1, 0.15) is 18.0 Å². The molecule has 0 aromatic carbocycles. The first kappa shape index (κ1) is 36.4. The molecule has 3 N–H and O–H groups in total. The van der Waals surface area contributed by atoms with Gasteiger partial charge in [-0.2, -0.15) is 13.2 Å². The fourth-order valence-corrected chi connectivity index (χ4v) is 8.03. The van der Waals surface area contributed by atoms with E-state index in [1.165, 1.54) is 25.1 Å². The molecule has 1 aromatic heterocycles. The van der Waals surface area contributed by atoms with Crippen molar-refractivity contribution in [1.82, 2.24) is 15.5 Å². The number of esters is 2. The van der Waals surface area contributed by atoms with Gasteiger partial charge in [-0.1, -0.05) is 57.0 Å². The topological polar surface area (TPSA) is 177 Å². The number of nitrogen functional groups attached to an aromatic ring is 1. The number of nitrogens with zero attached hydrogens (tertiary/aromatic N) is 2. The summed E-state index contributed by atoms with van der Waals surface area (Å²) in [5.74, 6) is -7.42. The Labute approximate surface area is 278 Å². The molecule has 3 saturated carbocycles. The van der Waals surface area contributed by atoms with Gasteiger partial charge in [0.2, 0.25) is 4.84 Å². The smallest absolute Gasteiger partial charge is 0.454 e. The normalized spacial score (nSPS) is 35.1. The second-order valence-electron chi connectivity index (χ2n) is 13.0. The third kappa shape index (κ3) is 6.52. The number of ketones is 1. The van der Waals surface area contributed by atoms with E-state index in [1.807, 2.05) is 6.92 Å². The molecule has 47 heavy (non-hydrogen) atoms. The van der Waals surface area contributed by atoms with Gasteiger partial charge in [-0.25, -0.2) is 14.4 Å². The number of nitrogens with two attached hydrogens (primary N) is 1. The Morgan fingerprint density at radius 1 is 1.11 bits per heavy atom. The van der Waals surface area contributed by atoms with Gasteiger partial charge in [-0.05, 0) is 49.1 Å². The van der Waals surface area contributed by atoms with Crippen molar-refractivity contribution in [1.29, 1.82) is 0 Å². The summed E-state index contributed by atoms with van der Waals surface area (Å²) in [5.41, 5.74) is 1.32. The number of aromatic nitrogens is 2. The number of anilines is 1. The summed E-state index contributed by atoms with van der Waals surface area (Å²) in [4.78, 5) is 63.5. The number of alkyl halides is 5. The lowest BCUT2D eigenvalue weighted by molar-refractivity contribution is -0.229. The first-order valence-electron chi connectivity index (χ1n) is 14.8. The Kier molecular flexibility index (Phi) is 9.96. The van der Waals surface area contributed by atoms with E-state index < -0.39 is 87.1 Å². The van der Waals surface area contributed by atoms with E-state index in [0.29, 0.717) is 6.42 Å². The number of halogens is 5. The van der Waals surface area contributed by atoms with Gasteiger partial charge >= 0.3 is 24.2 Å². The Morgan fingerprint density at radius 3 is 2.32 bits per heavy atom. The van der Waals surface area contributed by atoms with E-state index in [0.717, 1.165) is 0 Å². The summed E-state index contributed by atoms with van der Waals surface area (Å²) in [5, 5.41) is 9.25. The lowest BCUT2D eigenvalue weighted by atomic mass is 9.44. The van der Waals surface area contributed by atoms with Crippen molar-refractivity contribution in [2.75, 3.05) is 5.73 Å². The minimum absolute atomic E-state index is 0.0258. The molecule has 3 aliphatic rings. The van der Waals surface area contributed by atoms with Crippen LogP contribution in [0.15, 0.2) is 24.8 Å². The molecule has 4 rings (SSSR count). The van der Waals surface area contributed by atoms with Crippen LogP contribution in [0.4, 0.5) is 23.8 Å². The lowest BCUT2D eigenvalue weighted by Crippen LogP contribution is -2.64. The molecule has 0 radical (unpaired) electrons. The van der Waals surface area contributed by atoms with Crippen LogP contribution in [0.25, 0.3) is 0 Å². The molecular weight excluding hydrogens is 672 g/mol. The van der Waals surface area contributed by atoms with Crippen LogP contribution >= 0.6 is 23.2 Å². The number of ether oxygens (including phenoxy) is 3. The SMILES string of the molecule is C=C[C@]1(C)C[C@@H](OC(=O)NC(=O)c2ccc(N)nn2)[C@]2(C)C(C)CC[C@]3(C[C@H](OC(=O)C(Cl)Cl)C(=O)C32)[C@@H](C)[C@@H]1OC(=O)C(F)(F)F. The van der Waals surface area contributed by atoms with Crippen molar-refractivity contribution in [3.63, 3.8) is 0 Å². The highest BCUT2D eigenvalue weighted by molar-refractivity contribution is 6.53. The second kappa shape index (κ2) is 12.9. The molecule has 2 bridgehead atoms. The molecule has 1 aromatic rings. The monoisotopic (exact) mass is 706 g/mol. The number of carbonyl (C=O) groups is 5. The van der Waals surface area contributed by atoms with Crippen LogP contribution in [0.2, 0.25) is 0 Å². The van der Waals surface area contributed by atoms with Gasteiger partial charge in [0.25, 0.3) is 5.91 Å². The predicted molar refractivity (Wildman–Crippen MR) is 160 cm³/mol. The fourth-order valence-electron chi connectivity index (χ4n) is 7.93. The van der Waals surface area contributed by atoms with Crippen molar-refractivity contribution in [3.05, 3.63) is 30.5 Å². The molecule has 258 valence electrons. The lowest BCUT2D eigenvalue weighted by Gasteiger charge is -2.61.